The summed E-state index contributed by atoms with van der Waals surface area (Å²) >= 11 is 12.0. The van der Waals surface area contributed by atoms with Crippen molar-refractivity contribution >= 4 is 41.0 Å². The molecule has 0 radical (unpaired) electrons. The lowest BCUT2D eigenvalue weighted by Crippen LogP contribution is -2.09. The van der Waals surface area contributed by atoms with E-state index in [0.717, 1.165) is 6.92 Å². The maximum atomic E-state index is 13.2. The number of amides is 1. The molecule has 0 bridgehead atoms. The van der Waals surface area contributed by atoms with Crippen LogP contribution in [-0.4, -0.2) is 15.7 Å². The fourth-order valence-corrected chi connectivity index (χ4v) is 2.73. The van der Waals surface area contributed by atoms with Crippen LogP contribution in [0.2, 0.25) is 10.0 Å². The van der Waals surface area contributed by atoms with E-state index in [0.29, 0.717) is 27.2 Å². The number of carbonyl (C=O) groups is 1. The van der Waals surface area contributed by atoms with Crippen LogP contribution < -0.4 is 5.32 Å². The van der Waals surface area contributed by atoms with Crippen LogP contribution >= 0.6 is 23.2 Å². The van der Waals surface area contributed by atoms with E-state index in [-0.39, 0.29) is 6.54 Å². The van der Waals surface area contributed by atoms with E-state index in [4.69, 9.17) is 27.6 Å². The molecule has 9 heteroatoms. The molecule has 1 N–H and O–H groups in total. The molecule has 0 spiro atoms. The standard InChI is InChI=1S/C19H15Cl2F2N3O2/c1-19(22,23)15-7-6-13(28-15)11-26-10-9-16(25-26)24-17(27)8-5-12-3-2-4-14(20)18(12)21/h2-10H,11H2,1H3,(H,24,25,27). The maximum Gasteiger partial charge on any atom is 0.301 e. The van der Waals surface area contributed by atoms with Gasteiger partial charge in [0, 0.05) is 25.3 Å². The zero-order valence-corrected chi connectivity index (χ0v) is 16.1. The lowest BCUT2D eigenvalue weighted by Gasteiger charge is -2.05. The van der Waals surface area contributed by atoms with E-state index in [2.05, 4.69) is 10.4 Å². The van der Waals surface area contributed by atoms with Gasteiger partial charge in [0.15, 0.2) is 11.6 Å². The Labute approximate surface area is 169 Å². The fourth-order valence-electron chi connectivity index (χ4n) is 2.36. The largest absolute Gasteiger partial charge is 0.458 e. The van der Waals surface area contributed by atoms with E-state index < -0.39 is 17.6 Å². The number of furan rings is 1. The first-order valence-corrected chi connectivity index (χ1v) is 8.91. The molecule has 2 aromatic heterocycles. The number of benzene rings is 1. The molecular weight excluding hydrogens is 411 g/mol. The zero-order valence-electron chi connectivity index (χ0n) is 14.6. The van der Waals surface area contributed by atoms with Gasteiger partial charge in [0.05, 0.1) is 16.6 Å². The van der Waals surface area contributed by atoms with Crippen LogP contribution in [0.25, 0.3) is 6.08 Å². The number of nitrogens with zero attached hydrogens (tertiary/aromatic N) is 2. The lowest BCUT2D eigenvalue weighted by molar-refractivity contribution is -0.111. The number of nitrogens with one attached hydrogen (secondary N) is 1. The summed E-state index contributed by atoms with van der Waals surface area (Å²) in [7, 11) is 0. The summed E-state index contributed by atoms with van der Waals surface area (Å²) in [5.74, 6) is -3.23. The van der Waals surface area contributed by atoms with Crippen LogP contribution in [0.3, 0.4) is 0 Å². The number of anilines is 1. The van der Waals surface area contributed by atoms with Crippen molar-refractivity contribution < 1.29 is 18.0 Å². The topological polar surface area (TPSA) is 60.1 Å². The molecule has 3 rings (SSSR count). The number of hydrogen-bond acceptors (Lipinski definition) is 3. The second-order valence-corrected chi connectivity index (χ2v) is 6.80. The van der Waals surface area contributed by atoms with Gasteiger partial charge in [0.1, 0.15) is 5.76 Å². The highest BCUT2D eigenvalue weighted by atomic mass is 35.5. The number of carbonyl (C=O) groups excluding carboxylic acids is 1. The Kier molecular flexibility index (Phi) is 5.86. The van der Waals surface area contributed by atoms with Crippen molar-refractivity contribution in [2.24, 2.45) is 0 Å². The second kappa shape index (κ2) is 8.16. The quantitative estimate of drug-likeness (QED) is 0.523. The summed E-state index contributed by atoms with van der Waals surface area (Å²) in [5, 5.41) is 7.51. The predicted octanol–water partition coefficient (Wildman–Crippen LogP) is 5.59. The molecule has 0 fully saturated rings. The van der Waals surface area contributed by atoms with E-state index in [1.807, 2.05) is 0 Å². The van der Waals surface area contributed by atoms with Crippen LogP contribution in [0.4, 0.5) is 14.6 Å². The van der Waals surface area contributed by atoms with Gasteiger partial charge in [0.25, 0.3) is 0 Å². The highest BCUT2D eigenvalue weighted by Gasteiger charge is 2.28. The molecular formula is C19H15Cl2F2N3O2. The smallest absolute Gasteiger partial charge is 0.301 e. The summed E-state index contributed by atoms with van der Waals surface area (Å²) in [6, 6.07) is 9.37. The minimum absolute atomic E-state index is 0.153. The first kappa shape index (κ1) is 20.1. The number of hydrogen-bond donors (Lipinski definition) is 1. The normalized spacial score (nSPS) is 11.9. The number of alkyl halides is 2. The van der Waals surface area contributed by atoms with Crippen LogP contribution in [0.15, 0.2) is 53.1 Å². The van der Waals surface area contributed by atoms with Crippen molar-refractivity contribution in [3.63, 3.8) is 0 Å². The van der Waals surface area contributed by atoms with Crippen molar-refractivity contribution in [1.82, 2.24) is 9.78 Å². The second-order valence-electron chi connectivity index (χ2n) is 6.02. The van der Waals surface area contributed by atoms with E-state index >= 15 is 0 Å². The van der Waals surface area contributed by atoms with Crippen molar-refractivity contribution in [1.29, 1.82) is 0 Å². The Hall–Kier alpha value is -2.64. The van der Waals surface area contributed by atoms with Crippen molar-refractivity contribution in [3.05, 3.63) is 75.8 Å². The van der Waals surface area contributed by atoms with Crippen LogP contribution in [-0.2, 0) is 17.3 Å². The SMILES string of the molecule is CC(F)(F)c1ccc(Cn2ccc(NC(=O)C=Cc3cccc(Cl)c3Cl)n2)o1. The molecule has 146 valence electrons. The Morgan fingerprint density at radius 3 is 2.79 bits per heavy atom. The third kappa shape index (κ3) is 4.99. The molecule has 0 saturated heterocycles. The third-order valence-corrected chi connectivity index (χ3v) is 4.53. The Bertz CT molecular complexity index is 1020. The summed E-state index contributed by atoms with van der Waals surface area (Å²) in [6.45, 7) is 0.918. The molecule has 1 aromatic carbocycles. The van der Waals surface area contributed by atoms with Gasteiger partial charge in [-0.15, -0.1) is 0 Å². The molecule has 28 heavy (non-hydrogen) atoms. The fraction of sp³-hybridized carbons (Fsp3) is 0.158. The molecule has 0 unspecified atom stereocenters. The predicted molar refractivity (Wildman–Crippen MR) is 104 cm³/mol. The maximum absolute atomic E-state index is 13.2. The van der Waals surface area contributed by atoms with Gasteiger partial charge >= 0.3 is 5.92 Å². The molecule has 1 amide bonds. The molecule has 0 saturated carbocycles. The summed E-state index contributed by atoms with van der Waals surface area (Å²) in [6.07, 6.45) is 4.44. The van der Waals surface area contributed by atoms with E-state index in [1.165, 1.54) is 29.0 Å². The number of rotatable bonds is 6. The molecule has 0 aliphatic rings. The highest BCUT2D eigenvalue weighted by Crippen LogP contribution is 2.29. The Morgan fingerprint density at radius 1 is 1.29 bits per heavy atom. The van der Waals surface area contributed by atoms with Crippen molar-refractivity contribution in [2.75, 3.05) is 5.32 Å². The third-order valence-electron chi connectivity index (χ3n) is 3.70. The average Bonchev–Trinajstić information content (AvgIpc) is 3.26. The minimum atomic E-state index is -3.04. The number of aromatic nitrogens is 2. The Balaban J connectivity index is 1.61. The van der Waals surface area contributed by atoms with Gasteiger partial charge in [-0.2, -0.15) is 13.9 Å². The van der Waals surface area contributed by atoms with Crippen LogP contribution in [0, 0.1) is 0 Å². The molecule has 0 atom stereocenters. The molecule has 0 aliphatic heterocycles. The van der Waals surface area contributed by atoms with Gasteiger partial charge in [-0.1, -0.05) is 35.3 Å². The molecule has 0 aliphatic carbocycles. The van der Waals surface area contributed by atoms with Crippen molar-refractivity contribution in [2.45, 2.75) is 19.4 Å². The first-order chi connectivity index (χ1) is 13.2. The zero-order chi connectivity index (χ0) is 20.3. The van der Waals surface area contributed by atoms with Crippen LogP contribution in [0.5, 0.6) is 0 Å². The van der Waals surface area contributed by atoms with Gasteiger partial charge in [-0.05, 0) is 29.8 Å². The summed E-state index contributed by atoms with van der Waals surface area (Å²) in [4.78, 5) is 12.0. The molecule has 3 aromatic rings. The van der Waals surface area contributed by atoms with Crippen LogP contribution in [0.1, 0.15) is 24.0 Å². The number of halogens is 4. The highest BCUT2D eigenvalue weighted by molar-refractivity contribution is 6.42. The average molecular weight is 426 g/mol. The molecule has 2 heterocycles. The molecule has 5 nitrogen and oxygen atoms in total. The van der Waals surface area contributed by atoms with Crippen molar-refractivity contribution in [3.8, 4) is 0 Å². The van der Waals surface area contributed by atoms with Gasteiger partial charge in [-0.25, -0.2) is 0 Å². The van der Waals surface area contributed by atoms with E-state index in [1.54, 1.807) is 30.5 Å². The van der Waals surface area contributed by atoms with Gasteiger partial charge in [-0.3, -0.25) is 9.48 Å². The monoisotopic (exact) mass is 425 g/mol. The van der Waals surface area contributed by atoms with Gasteiger partial charge < -0.3 is 9.73 Å². The Morgan fingerprint density at radius 2 is 2.07 bits per heavy atom. The lowest BCUT2D eigenvalue weighted by atomic mass is 10.2. The summed E-state index contributed by atoms with van der Waals surface area (Å²) in [5.41, 5.74) is 0.608. The summed E-state index contributed by atoms with van der Waals surface area (Å²) < 4.78 is 33.0. The first-order valence-electron chi connectivity index (χ1n) is 8.16. The van der Waals surface area contributed by atoms with Gasteiger partial charge in [0.2, 0.25) is 5.91 Å². The minimum Gasteiger partial charge on any atom is -0.458 e. The van der Waals surface area contributed by atoms with E-state index in [9.17, 15) is 13.6 Å².